The van der Waals surface area contributed by atoms with E-state index in [1.165, 1.54) is 19.3 Å². The molecule has 0 saturated carbocycles. The van der Waals surface area contributed by atoms with Gasteiger partial charge in [0.2, 0.25) is 0 Å². The predicted molar refractivity (Wildman–Crippen MR) is 56.7 cm³/mol. The van der Waals surface area contributed by atoms with Gasteiger partial charge in [0.05, 0.1) is 0 Å². The first-order valence-electron chi connectivity index (χ1n) is 3.99. The zero-order valence-electron chi connectivity index (χ0n) is 7.10. The average molecular weight is 249 g/mol. The molecule has 0 aliphatic heterocycles. The molecule has 12 heavy (non-hydrogen) atoms. The molecule has 0 fully saturated rings. The molecule has 0 aliphatic rings. The van der Waals surface area contributed by atoms with Crippen molar-refractivity contribution in [2.75, 3.05) is 0 Å². The van der Waals surface area contributed by atoms with Gasteiger partial charge in [-0.05, 0) is 6.42 Å². The van der Waals surface area contributed by atoms with Gasteiger partial charge < -0.3 is 5.11 Å². The zero-order chi connectivity index (χ0) is 7.82. The summed E-state index contributed by atoms with van der Waals surface area (Å²) in [6.45, 7) is 2.15. The Morgan fingerprint density at radius 2 is 1.67 bits per heavy atom. The first-order valence-corrected chi connectivity index (χ1v) is 3.99. The summed E-state index contributed by atoms with van der Waals surface area (Å²) in [6.07, 6.45) is 5.88. The Morgan fingerprint density at radius 3 is 2.08 bits per heavy atom. The molecular formula is C8H19NaO2Se. The molecule has 0 amide bonds. The van der Waals surface area contributed by atoms with Crippen molar-refractivity contribution in [2.24, 2.45) is 0 Å². The van der Waals surface area contributed by atoms with Crippen LogP contribution in [0.4, 0.5) is 0 Å². The molecule has 0 unspecified atom stereocenters. The second-order valence-corrected chi connectivity index (χ2v) is 2.56. The van der Waals surface area contributed by atoms with Crippen LogP contribution in [0.2, 0.25) is 0 Å². The molecule has 0 aromatic rings. The third-order valence-corrected chi connectivity index (χ3v) is 1.49. The number of unbranched alkanes of at least 4 members (excludes halogenated alkanes) is 4. The first kappa shape index (κ1) is 18.7. The minimum atomic E-state index is -0.670. The minimum absolute atomic E-state index is 0. The van der Waals surface area contributed by atoms with Gasteiger partial charge in [-0.1, -0.05) is 32.6 Å². The number of carbonyl (C=O) groups is 1. The number of carboxylic acid groups (broad SMARTS) is 1. The van der Waals surface area contributed by atoms with Crippen molar-refractivity contribution in [2.45, 2.75) is 45.4 Å². The summed E-state index contributed by atoms with van der Waals surface area (Å²) in [5.74, 6) is -0.670. The van der Waals surface area contributed by atoms with Gasteiger partial charge in [0, 0.05) is 6.42 Å². The van der Waals surface area contributed by atoms with Crippen LogP contribution >= 0.6 is 0 Å². The normalized spacial score (nSPS) is 8.08. The Bertz CT molecular complexity index is 99.1. The van der Waals surface area contributed by atoms with Gasteiger partial charge in [0.15, 0.2) is 0 Å². The van der Waals surface area contributed by atoms with Gasteiger partial charge >= 0.3 is 52.6 Å². The van der Waals surface area contributed by atoms with Gasteiger partial charge in [0.1, 0.15) is 0 Å². The third-order valence-electron chi connectivity index (χ3n) is 1.49. The molecular weight excluding hydrogens is 230 g/mol. The van der Waals surface area contributed by atoms with E-state index in [1.807, 2.05) is 0 Å². The molecule has 0 saturated heterocycles. The fourth-order valence-electron chi connectivity index (χ4n) is 0.880. The van der Waals surface area contributed by atoms with Gasteiger partial charge in [0.25, 0.3) is 0 Å². The summed E-state index contributed by atoms with van der Waals surface area (Å²) in [4.78, 5) is 10.0. The second kappa shape index (κ2) is 14.5. The molecule has 0 aliphatic carbocycles. The molecule has 0 spiro atoms. The standard InChI is InChI=1S/C8H16O2.Na.H2Se.H/c1-2-3-4-5-6-7-8(9)10;;;/h2-7H2,1H3,(H,9,10);;1H2;. The second-order valence-electron chi connectivity index (χ2n) is 2.56. The van der Waals surface area contributed by atoms with Crippen molar-refractivity contribution >= 4 is 52.6 Å². The molecule has 1 N–H and O–H groups in total. The van der Waals surface area contributed by atoms with Crippen LogP contribution in [0.15, 0.2) is 0 Å². The molecule has 0 bridgehead atoms. The van der Waals surface area contributed by atoms with Crippen LogP contribution in [0.3, 0.4) is 0 Å². The summed E-state index contributed by atoms with van der Waals surface area (Å²) in [5.41, 5.74) is 0. The Kier molecular flexibility index (Phi) is 22.6. The maximum absolute atomic E-state index is 10.0. The van der Waals surface area contributed by atoms with E-state index in [2.05, 4.69) is 6.92 Å². The van der Waals surface area contributed by atoms with Crippen molar-refractivity contribution in [3.63, 3.8) is 0 Å². The van der Waals surface area contributed by atoms with Gasteiger partial charge in [-0.2, -0.15) is 0 Å². The predicted octanol–water partition coefficient (Wildman–Crippen LogP) is 0.867. The topological polar surface area (TPSA) is 37.3 Å². The van der Waals surface area contributed by atoms with Crippen LogP contribution < -0.4 is 0 Å². The number of rotatable bonds is 6. The molecule has 0 atom stereocenters. The Labute approximate surface area is 107 Å². The summed E-state index contributed by atoms with van der Waals surface area (Å²) in [6, 6.07) is 0. The number of aliphatic carboxylic acids is 1. The molecule has 0 aromatic heterocycles. The summed E-state index contributed by atoms with van der Waals surface area (Å²) < 4.78 is 0. The Balaban J connectivity index is -0.000000405. The van der Waals surface area contributed by atoms with E-state index >= 15 is 0 Å². The van der Waals surface area contributed by atoms with E-state index in [4.69, 9.17) is 5.11 Å². The third kappa shape index (κ3) is 17.2. The molecule has 0 radical (unpaired) electrons. The van der Waals surface area contributed by atoms with Crippen molar-refractivity contribution in [1.29, 1.82) is 0 Å². The van der Waals surface area contributed by atoms with Crippen LogP contribution in [-0.4, -0.2) is 57.7 Å². The first-order chi connectivity index (χ1) is 4.77. The van der Waals surface area contributed by atoms with Crippen LogP contribution in [0.25, 0.3) is 0 Å². The summed E-state index contributed by atoms with van der Waals surface area (Å²) in [5, 5.41) is 8.27. The van der Waals surface area contributed by atoms with E-state index in [1.54, 1.807) is 0 Å². The molecule has 70 valence electrons. The molecule has 0 aromatic carbocycles. The van der Waals surface area contributed by atoms with E-state index < -0.39 is 5.97 Å². The molecule has 2 nitrogen and oxygen atoms in total. The van der Waals surface area contributed by atoms with Crippen molar-refractivity contribution in [1.82, 2.24) is 0 Å². The van der Waals surface area contributed by atoms with E-state index in [0.717, 1.165) is 12.8 Å². The van der Waals surface area contributed by atoms with Crippen molar-refractivity contribution in [3.8, 4) is 0 Å². The van der Waals surface area contributed by atoms with E-state index in [9.17, 15) is 4.79 Å². The summed E-state index contributed by atoms with van der Waals surface area (Å²) in [7, 11) is 0. The fraction of sp³-hybridized carbons (Fsp3) is 0.875. The number of hydrogen-bond acceptors (Lipinski definition) is 1. The van der Waals surface area contributed by atoms with Gasteiger partial charge in [-0.15, -0.1) is 0 Å². The fourth-order valence-corrected chi connectivity index (χ4v) is 0.880. The van der Waals surface area contributed by atoms with Gasteiger partial charge in [-0.3, -0.25) is 4.79 Å². The summed E-state index contributed by atoms with van der Waals surface area (Å²) >= 11 is 0. The van der Waals surface area contributed by atoms with Crippen molar-refractivity contribution < 1.29 is 9.90 Å². The maximum atomic E-state index is 10.0. The SMILES string of the molecule is CCCCCCCC(=O)O.[NaH].[SeH2]. The van der Waals surface area contributed by atoms with Crippen LogP contribution in [0.1, 0.15) is 45.4 Å². The van der Waals surface area contributed by atoms with E-state index in [0.29, 0.717) is 6.42 Å². The average Bonchev–Trinajstić information content (AvgIpc) is 1.87. The number of hydrogen-bond donors (Lipinski definition) is 1. The van der Waals surface area contributed by atoms with Crippen LogP contribution in [0, 0.1) is 0 Å². The molecule has 4 heteroatoms. The molecule has 0 rings (SSSR count). The monoisotopic (exact) mass is 250 g/mol. The Morgan fingerprint density at radius 1 is 1.17 bits per heavy atom. The number of carboxylic acids is 1. The zero-order valence-corrected chi connectivity index (χ0v) is 9.20. The van der Waals surface area contributed by atoms with E-state index in [-0.39, 0.29) is 46.6 Å². The van der Waals surface area contributed by atoms with Gasteiger partial charge in [-0.25, -0.2) is 0 Å². The van der Waals surface area contributed by atoms with Crippen molar-refractivity contribution in [3.05, 3.63) is 0 Å². The van der Waals surface area contributed by atoms with Crippen LogP contribution in [-0.2, 0) is 4.79 Å². The van der Waals surface area contributed by atoms with Crippen LogP contribution in [0.5, 0.6) is 0 Å². The Hall–Kier alpha value is 0.989. The molecule has 0 heterocycles. The quantitative estimate of drug-likeness (QED) is 0.560.